The van der Waals surface area contributed by atoms with Gasteiger partial charge in [0.1, 0.15) is 11.3 Å². The van der Waals surface area contributed by atoms with Crippen molar-refractivity contribution in [3.63, 3.8) is 0 Å². The second-order valence-corrected chi connectivity index (χ2v) is 4.86. The van der Waals surface area contributed by atoms with E-state index in [2.05, 4.69) is 13.0 Å². The first-order chi connectivity index (χ1) is 9.67. The van der Waals surface area contributed by atoms with Crippen LogP contribution in [0.4, 0.5) is 0 Å². The lowest BCUT2D eigenvalue weighted by Gasteiger charge is -2.12. The smallest absolute Gasteiger partial charge is 0.342 e. The van der Waals surface area contributed by atoms with Gasteiger partial charge in [-0.2, -0.15) is 0 Å². The second-order valence-electron chi connectivity index (χ2n) is 4.86. The standard InChI is InChI=1S/C17H20O3/c1-4-5-10-20-17(18)16-14-8-6-12(2)11-13(14)7-9-15(16)19-3/h6-9,11H,4-5,10H2,1-3H3. The molecular formula is C17H20O3. The molecule has 0 fully saturated rings. The van der Waals surface area contributed by atoms with E-state index in [9.17, 15) is 4.79 Å². The summed E-state index contributed by atoms with van der Waals surface area (Å²) in [6.07, 6.45) is 1.87. The average molecular weight is 272 g/mol. The molecule has 0 aliphatic heterocycles. The number of carbonyl (C=O) groups excluding carboxylic acids is 1. The highest BCUT2D eigenvalue weighted by atomic mass is 16.5. The Morgan fingerprint density at radius 1 is 1.20 bits per heavy atom. The minimum Gasteiger partial charge on any atom is -0.496 e. The van der Waals surface area contributed by atoms with Crippen molar-refractivity contribution in [3.05, 3.63) is 41.5 Å². The maximum atomic E-state index is 12.3. The lowest BCUT2D eigenvalue weighted by atomic mass is 10.0. The summed E-state index contributed by atoms with van der Waals surface area (Å²) in [4.78, 5) is 12.3. The lowest BCUT2D eigenvalue weighted by molar-refractivity contribution is 0.0498. The van der Waals surface area contributed by atoms with Crippen LogP contribution in [0.3, 0.4) is 0 Å². The Bertz CT molecular complexity index is 617. The molecule has 3 heteroatoms. The molecular weight excluding hydrogens is 252 g/mol. The van der Waals surface area contributed by atoms with Gasteiger partial charge in [0.25, 0.3) is 0 Å². The van der Waals surface area contributed by atoms with E-state index in [0.29, 0.717) is 17.9 Å². The maximum Gasteiger partial charge on any atom is 0.342 e. The lowest BCUT2D eigenvalue weighted by Crippen LogP contribution is -2.09. The molecule has 0 aliphatic carbocycles. The molecule has 0 unspecified atom stereocenters. The van der Waals surface area contributed by atoms with E-state index in [1.54, 1.807) is 7.11 Å². The molecule has 3 nitrogen and oxygen atoms in total. The first-order valence-corrected chi connectivity index (χ1v) is 6.92. The highest BCUT2D eigenvalue weighted by molar-refractivity contribution is 6.07. The van der Waals surface area contributed by atoms with Gasteiger partial charge >= 0.3 is 5.97 Å². The molecule has 20 heavy (non-hydrogen) atoms. The zero-order valence-corrected chi connectivity index (χ0v) is 12.2. The molecule has 0 aliphatic rings. The molecule has 2 aromatic carbocycles. The van der Waals surface area contributed by atoms with Crippen LogP contribution >= 0.6 is 0 Å². The van der Waals surface area contributed by atoms with Crippen LogP contribution in [0.15, 0.2) is 30.3 Å². The molecule has 0 spiro atoms. The highest BCUT2D eigenvalue weighted by Crippen LogP contribution is 2.29. The van der Waals surface area contributed by atoms with E-state index < -0.39 is 0 Å². The number of esters is 1. The van der Waals surface area contributed by atoms with Crippen molar-refractivity contribution < 1.29 is 14.3 Å². The van der Waals surface area contributed by atoms with Gasteiger partial charge in [-0.3, -0.25) is 0 Å². The minimum absolute atomic E-state index is 0.315. The monoisotopic (exact) mass is 272 g/mol. The number of rotatable bonds is 5. The number of methoxy groups -OCH3 is 1. The van der Waals surface area contributed by atoms with Crippen molar-refractivity contribution in [2.24, 2.45) is 0 Å². The third kappa shape index (κ3) is 2.93. The predicted molar refractivity (Wildman–Crippen MR) is 80.4 cm³/mol. The van der Waals surface area contributed by atoms with Crippen LogP contribution in [-0.4, -0.2) is 19.7 Å². The van der Waals surface area contributed by atoms with Gasteiger partial charge < -0.3 is 9.47 Å². The van der Waals surface area contributed by atoms with Gasteiger partial charge in [0.2, 0.25) is 0 Å². The summed E-state index contributed by atoms with van der Waals surface area (Å²) in [6.45, 7) is 4.54. The number of hydrogen-bond donors (Lipinski definition) is 0. The van der Waals surface area contributed by atoms with Crippen molar-refractivity contribution in [1.29, 1.82) is 0 Å². The summed E-state index contributed by atoms with van der Waals surface area (Å²) in [5, 5.41) is 1.89. The number of fused-ring (bicyclic) bond motifs is 1. The van der Waals surface area contributed by atoms with Crippen molar-refractivity contribution in [2.45, 2.75) is 26.7 Å². The molecule has 106 valence electrons. The number of hydrogen-bond acceptors (Lipinski definition) is 3. The van der Waals surface area contributed by atoms with E-state index in [1.807, 2.05) is 31.2 Å². The molecule has 2 aromatic rings. The van der Waals surface area contributed by atoms with Crippen LogP contribution in [0.1, 0.15) is 35.7 Å². The first-order valence-electron chi connectivity index (χ1n) is 6.92. The molecule has 0 amide bonds. The summed E-state index contributed by atoms with van der Waals surface area (Å²) >= 11 is 0. The molecule has 0 N–H and O–H groups in total. The third-order valence-corrected chi connectivity index (χ3v) is 3.29. The van der Waals surface area contributed by atoms with Gasteiger partial charge in [0.05, 0.1) is 13.7 Å². The van der Waals surface area contributed by atoms with E-state index in [4.69, 9.17) is 9.47 Å². The zero-order valence-electron chi connectivity index (χ0n) is 12.2. The summed E-state index contributed by atoms with van der Waals surface area (Å²) in [6, 6.07) is 9.77. The molecule has 0 radical (unpaired) electrons. The Hall–Kier alpha value is -2.03. The fraction of sp³-hybridized carbons (Fsp3) is 0.353. The molecule has 2 rings (SSSR count). The summed E-state index contributed by atoms with van der Waals surface area (Å²) in [5.41, 5.74) is 1.68. The van der Waals surface area contributed by atoms with Crippen molar-refractivity contribution in [1.82, 2.24) is 0 Å². The van der Waals surface area contributed by atoms with Crippen molar-refractivity contribution in [2.75, 3.05) is 13.7 Å². The molecule has 0 heterocycles. The largest absolute Gasteiger partial charge is 0.496 e. The van der Waals surface area contributed by atoms with Crippen LogP contribution in [0.25, 0.3) is 10.8 Å². The molecule has 0 aromatic heterocycles. The van der Waals surface area contributed by atoms with Gasteiger partial charge in [0, 0.05) is 0 Å². The van der Waals surface area contributed by atoms with Crippen LogP contribution in [0.5, 0.6) is 5.75 Å². The van der Waals surface area contributed by atoms with E-state index in [1.165, 1.54) is 0 Å². The molecule has 0 saturated carbocycles. The first kappa shape index (κ1) is 14.4. The van der Waals surface area contributed by atoms with Crippen molar-refractivity contribution in [3.8, 4) is 5.75 Å². The number of benzene rings is 2. The minimum atomic E-state index is -0.315. The Morgan fingerprint density at radius 3 is 2.70 bits per heavy atom. The van der Waals surface area contributed by atoms with Gasteiger partial charge in [-0.15, -0.1) is 0 Å². The van der Waals surface area contributed by atoms with Gasteiger partial charge in [-0.05, 0) is 30.2 Å². The van der Waals surface area contributed by atoms with E-state index in [-0.39, 0.29) is 5.97 Å². The second kappa shape index (κ2) is 6.42. The maximum absolute atomic E-state index is 12.3. The SMILES string of the molecule is CCCCOC(=O)c1c(OC)ccc2cc(C)ccc12. The topological polar surface area (TPSA) is 35.5 Å². The third-order valence-electron chi connectivity index (χ3n) is 3.29. The molecule has 0 atom stereocenters. The highest BCUT2D eigenvalue weighted by Gasteiger charge is 2.17. The average Bonchev–Trinajstić information content (AvgIpc) is 2.45. The van der Waals surface area contributed by atoms with Crippen LogP contribution in [0.2, 0.25) is 0 Å². The zero-order chi connectivity index (χ0) is 14.5. The van der Waals surface area contributed by atoms with Crippen LogP contribution in [-0.2, 0) is 4.74 Å². The summed E-state index contributed by atoms with van der Waals surface area (Å²) in [7, 11) is 1.57. The molecule has 0 saturated heterocycles. The quantitative estimate of drug-likeness (QED) is 0.607. The van der Waals surface area contributed by atoms with E-state index >= 15 is 0 Å². The number of carbonyl (C=O) groups is 1. The van der Waals surface area contributed by atoms with Crippen LogP contribution < -0.4 is 4.74 Å². The van der Waals surface area contributed by atoms with Gasteiger partial charge in [-0.1, -0.05) is 43.2 Å². The summed E-state index contributed by atoms with van der Waals surface area (Å²) in [5.74, 6) is 0.243. The Labute approximate surface area is 119 Å². The van der Waals surface area contributed by atoms with Gasteiger partial charge in [-0.25, -0.2) is 4.79 Å². The van der Waals surface area contributed by atoms with Crippen molar-refractivity contribution >= 4 is 16.7 Å². The Balaban J connectivity index is 2.45. The fourth-order valence-electron chi connectivity index (χ4n) is 2.19. The number of ether oxygens (including phenoxy) is 2. The number of unbranched alkanes of at least 4 members (excludes halogenated alkanes) is 1. The van der Waals surface area contributed by atoms with Crippen LogP contribution in [0, 0.1) is 6.92 Å². The Morgan fingerprint density at radius 2 is 2.00 bits per heavy atom. The van der Waals surface area contributed by atoms with E-state index in [0.717, 1.165) is 29.2 Å². The number of aryl methyl sites for hydroxylation is 1. The normalized spacial score (nSPS) is 10.6. The summed E-state index contributed by atoms with van der Waals surface area (Å²) < 4.78 is 10.6. The van der Waals surface area contributed by atoms with Gasteiger partial charge in [0.15, 0.2) is 0 Å². The predicted octanol–water partition coefficient (Wildman–Crippen LogP) is 4.11. The fourth-order valence-corrected chi connectivity index (χ4v) is 2.19. The molecule has 0 bridgehead atoms. The Kier molecular flexibility index (Phi) is 4.61.